The van der Waals surface area contributed by atoms with Gasteiger partial charge in [-0.25, -0.2) is 0 Å². The summed E-state index contributed by atoms with van der Waals surface area (Å²) in [4.78, 5) is 0. The van der Waals surface area contributed by atoms with Crippen LogP contribution >= 0.6 is 15.9 Å². The Balaban J connectivity index is 2.63. The Kier molecular flexibility index (Phi) is 3.75. The second-order valence-corrected chi connectivity index (χ2v) is 4.16. The fourth-order valence-corrected chi connectivity index (χ4v) is 1.53. The SMILES string of the molecule is CC(N)CCc1ccc(O)c(Br)c1. The van der Waals surface area contributed by atoms with Crippen LogP contribution in [0.15, 0.2) is 22.7 Å². The third-order valence-corrected chi connectivity index (χ3v) is 2.54. The molecule has 1 aromatic rings. The maximum atomic E-state index is 9.25. The van der Waals surface area contributed by atoms with Crippen LogP contribution in [-0.2, 0) is 6.42 Å². The standard InChI is InChI=1S/C10H14BrNO/c1-7(12)2-3-8-4-5-10(13)9(11)6-8/h4-7,13H,2-3,12H2,1H3. The number of nitrogens with two attached hydrogens (primary N) is 1. The zero-order valence-electron chi connectivity index (χ0n) is 7.63. The number of hydrogen-bond acceptors (Lipinski definition) is 2. The highest BCUT2D eigenvalue weighted by molar-refractivity contribution is 9.10. The average Bonchev–Trinajstić information content (AvgIpc) is 2.07. The molecule has 2 nitrogen and oxygen atoms in total. The lowest BCUT2D eigenvalue weighted by Crippen LogP contribution is -2.15. The van der Waals surface area contributed by atoms with E-state index >= 15 is 0 Å². The summed E-state index contributed by atoms with van der Waals surface area (Å²) >= 11 is 3.27. The van der Waals surface area contributed by atoms with E-state index in [9.17, 15) is 5.11 Å². The summed E-state index contributed by atoms with van der Waals surface area (Å²) in [6.07, 6.45) is 1.92. The van der Waals surface area contributed by atoms with Gasteiger partial charge in [-0.2, -0.15) is 0 Å². The number of rotatable bonds is 3. The molecule has 0 aliphatic rings. The number of aromatic hydroxyl groups is 1. The molecule has 3 heteroatoms. The molecule has 0 aliphatic carbocycles. The van der Waals surface area contributed by atoms with Crippen LogP contribution in [0.1, 0.15) is 18.9 Å². The van der Waals surface area contributed by atoms with Crippen LogP contribution in [0.5, 0.6) is 5.75 Å². The van der Waals surface area contributed by atoms with Crippen LogP contribution < -0.4 is 5.73 Å². The van der Waals surface area contributed by atoms with E-state index in [1.54, 1.807) is 6.07 Å². The second-order valence-electron chi connectivity index (χ2n) is 3.30. The minimum Gasteiger partial charge on any atom is -0.507 e. The predicted octanol–water partition coefficient (Wildman–Crippen LogP) is 2.43. The molecular formula is C10H14BrNO. The molecular weight excluding hydrogens is 230 g/mol. The largest absolute Gasteiger partial charge is 0.507 e. The molecule has 13 heavy (non-hydrogen) atoms. The third kappa shape index (κ3) is 3.36. The number of halogens is 1. The van der Waals surface area contributed by atoms with E-state index in [2.05, 4.69) is 15.9 Å². The Bertz CT molecular complexity index is 286. The van der Waals surface area contributed by atoms with E-state index in [4.69, 9.17) is 5.73 Å². The van der Waals surface area contributed by atoms with E-state index < -0.39 is 0 Å². The van der Waals surface area contributed by atoms with Crippen molar-refractivity contribution in [3.05, 3.63) is 28.2 Å². The van der Waals surface area contributed by atoms with Gasteiger partial charge in [-0.05, 0) is 53.4 Å². The van der Waals surface area contributed by atoms with Crippen LogP contribution in [-0.4, -0.2) is 11.1 Å². The molecule has 1 rings (SSSR count). The van der Waals surface area contributed by atoms with Gasteiger partial charge in [0.1, 0.15) is 5.75 Å². The van der Waals surface area contributed by atoms with Gasteiger partial charge in [0, 0.05) is 6.04 Å². The number of benzene rings is 1. The van der Waals surface area contributed by atoms with E-state index in [1.165, 1.54) is 5.56 Å². The van der Waals surface area contributed by atoms with Crippen LogP contribution in [0.2, 0.25) is 0 Å². The van der Waals surface area contributed by atoms with Gasteiger partial charge in [-0.1, -0.05) is 6.07 Å². The molecule has 0 aromatic heterocycles. The van der Waals surface area contributed by atoms with Crippen molar-refractivity contribution in [1.29, 1.82) is 0 Å². The molecule has 72 valence electrons. The monoisotopic (exact) mass is 243 g/mol. The van der Waals surface area contributed by atoms with Crippen molar-refractivity contribution in [2.75, 3.05) is 0 Å². The maximum absolute atomic E-state index is 9.25. The van der Waals surface area contributed by atoms with E-state index in [0.29, 0.717) is 0 Å². The van der Waals surface area contributed by atoms with Crippen LogP contribution in [0.3, 0.4) is 0 Å². The van der Waals surface area contributed by atoms with Gasteiger partial charge in [0.05, 0.1) is 4.47 Å². The maximum Gasteiger partial charge on any atom is 0.129 e. The van der Waals surface area contributed by atoms with Crippen LogP contribution in [0.4, 0.5) is 0 Å². The molecule has 1 aromatic carbocycles. The smallest absolute Gasteiger partial charge is 0.129 e. The van der Waals surface area contributed by atoms with Crippen molar-refractivity contribution >= 4 is 15.9 Å². The Morgan fingerprint density at radius 1 is 1.54 bits per heavy atom. The Hall–Kier alpha value is -0.540. The summed E-state index contributed by atoms with van der Waals surface area (Å²) in [5, 5.41) is 9.25. The lowest BCUT2D eigenvalue weighted by molar-refractivity contribution is 0.471. The molecule has 0 spiro atoms. The Labute approximate surface area is 86.9 Å². The first-order valence-corrected chi connectivity index (χ1v) is 5.12. The lowest BCUT2D eigenvalue weighted by Gasteiger charge is -2.05. The third-order valence-electron chi connectivity index (χ3n) is 1.90. The molecule has 0 saturated heterocycles. The van der Waals surface area contributed by atoms with Crippen molar-refractivity contribution in [2.24, 2.45) is 5.73 Å². The summed E-state index contributed by atoms with van der Waals surface area (Å²) in [7, 11) is 0. The number of aryl methyl sites for hydroxylation is 1. The van der Waals surface area contributed by atoms with Crippen molar-refractivity contribution in [2.45, 2.75) is 25.8 Å². The first-order chi connectivity index (χ1) is 6.09. The molecule has 0 bridgehead atoms. The zero-order chi connectivity index (χ0) is 9.84. The van der Waals surface area contributed by atoms with Gasteiger partial charge in [0.2, 0.25) is 0 Å². The minimum atomic E-state index is 0.229. The van der Waals surface area contributed by atoms with Gasteiger partial charge < -0.3 is 10.8 Å². The quantitative estimate of drug-likeness (QED) is 0.857. The van der Waals surface area contributed by atoms with Gasteiger partial charge in [-0.3, -0.25) is 0 Å². The summed E-state index contributed by atoms with van der Waals surface area (Å²) < 4.78 is 0.745. The number of phenolic OH excluding ortho intramolecular Hbond substituents is 1. The van der Waals surface area contributed by atoms with Crippen LogP contribution in [0.25, 0.3) is 0 Å². The molecule has 0 aliphatic heterocycles. The first-order valence-electron chi connectivity index (χ1n) is 4.32. The van der Waals surface area contributed by atoms with Gasteiger partial charge in [-0.15, -0.1) is 0 Å². The zero-order valence-corrected chi connectivity index (χ0v) is 9.21. The fourth-order valence-electron chi connectivity index (χ4n) is 1.10. The Morgan fingerprint density at radius 3 is 2.77 bits per heavy atom. The van der Waals surface area contributed by atoms with Crippen molar-refractivity contribution in [1.82, 2.24) is 0 Å². The predicted molar refractivity (Wildman–Crippen MR) is 57.8 cm³/mol. The number of hydrogen-bond donors (Lipinski definition) is 2. The fraction of sp³-hybridized carbons (Fsp3) is 0.400. The highest BCUT2D eigenvalue weighted by Gasteiger charge is 2.00. The van der Waals surface area contributed by atoms with Gasteiger partial charge >= 0.3 is 0 Å². The molecule has 1 atom stereocenters. The van der Waals surface area contributed by atoms with E-state index in [1.807, 2.05) is 19.1 Å². The van der Waals surface area contributed by atoms with Crippen molar-refractivity contribution < 1.29 is 5.11 Å². The molecule has 0 fully saturated rings. The molecule has 0 saturated carbocycles. The van der Waals surface area contributed by atoms with E-state index in [0.717, 1.165) is 17.3 Å². The second kappa shape index (κ2) is 4.63. The van der Waals surface area contributed by atoms with Crippen LogP contribution in [0, 0.1) is 0 Å². The minimum absolute atomic E-state index is 0.229. The molecule has 3 N–H and O–H groups in total. The first kappa shape index (κ1) is 10.5. The topological polar surface area (TPSA) is 46.2 Å². The molecule has 0 radical (unpaired) electrons. The summed E-state index contributed by atoms with van der Waals surface area (Å²) in [5.41, 5.74) is 6.84. The highest BCUT2D eigenvalue weighted by atomic mass is 79.9. The summed E-state index contributed by atoms with van der Waals surface area (Å²) in [5.74, 6) is 0.282. The lowest BCUT2D eigenvalue weighted by atomic mass is 10.1. The highest BCUT2D eigenvalue weighted by Crippen LogP contribution is 2.24. The normalized spacial score (nSPS) is 12.8. The molecule has 0 heterocycles. The molecule has 0 amide bonds. The van der Waals surface area contributed by atoms with Crippen molar-refractivity contribution in [3.8, 4) is 5.75 Å². The van der Waals surface area contributed by atoms with E-state index in [-0.39, 0.29) is 11.8 Å². The summed E-state index contributed by atoms with van der Waals surface area (Å²) in [6, 6.07) is 5.77. The van der Waals surface area contributed by atoms with Crippen molar-refractivity contribution in [3.63, 3.8) is 0 Å². The van der Waals surface area contributed by atoms with Gasteiger partial charge in [0.15, 0.2) is 0 Å². The summed E-state index contributed by atoms with van der Waals surface area (Å²) in [6.45, 7) is 2.00. The molecule has 1 unspecified atom stereocenters. The Morgan fingerprint density at radius 2 is 2.23 bits per heavy atom. The average molecular weight is 244 g/mol. The number of phenols is 1. The van der Waals surface area contributed by atoms with Gasteiger partial charge in [0.25, 0.3) is 0 Å².